The highest BCUT2D eigenvalue weighted by Crippen LogP contribution is 2.55. The summed E-state index contributed by atoms with van der Waals surface area (Å²) in [5.41, 5.74) is 5.71. The van der Waals surface area contributed by atoms with Crippen molar-refractivity contribution in [2.75, 3.05) is 13.1 Å². The van der Waals surface area contributed by atoms with Gasteiger partial charge in [0.25, 0.3) is 0 Å². The number of nitrogens with zero attached hydrogens (tertiary/aromatic N) is 1. The molecule has 2 N–H and O–H groups in total. The Morgan fingerprint density at radius 3 is 2.17 bits per heavy atom. The standard InChI is InChI=1S/C15H24N2O/c16-8-11-1-2-17(15(11)18)14-12-4-9-3-10(6-12)7-13(14)5-9/h9-14H,1-8,16H2. The Morgan fingerprint density at radius 1 is 1.06 bits per heavy atom. The van der Waals surface area contributed by atoms with E-state index in [9.17, 15) is 4.79 Å². The van der Waals surface area contributed by atoms with Gasteiger partial charge < -0.3 is 10.6 Å². The van der Waals surface area contributed by atoms with E-state index in [2.05, 4.69) is 4.90 Å². The largest absolute Gasteiger partial charge is 0.339 e. The number of carbonyl (C=O) groups is 1. The molecule has 1 aliphatic heterocycles. The summed E-state index contributed by atoms with van der Waals surface area (Å²) in [4.78, 5) is 14.6. The molecule has 5 aliphatic rings. The molecular weight excluding hydrogens is 224 g/mol. The van der Waals surface area contributed by atoms with Gasteiger partial charge in [0.2, 0.25) is 5.91 Å². The number of hydrogen-bond donors (Lipinski definition) is 1. The highest BCUT2D eigenvalue weighted by atomic mass is 16.2. The fourth-order valence-electron chi connectivity index (χ4n) is 5.68. The number of nitrogens with two attached hydrogens (primary N) is 1. The van der Waals surface area contributed by atoms with Crippen LogP contribution >= 0.6 is 0 Å². The minimum atomic E-state index is 0.127. The Hall–Kier alpha value is -0.570. The van der Waals surface area contributed by atoms with Crippen LogP contribution in [0.5, 0.6) is 0 Å². The normalized spacial score (nSPS) is 50.3. The van der Waals surface area contributed by atoms with Crippen LogP contribution in [0.2, 0.25) is 0 Å². The molecule has 1 atom stereocenters. The van der Waals surface area contributed by atoms with Crippen molar-refractivity contribution in [3.05, 3.63) is 0 Å². The van der Waals surface area contributed by atoms with E-state index in [1.165, 1.54) is 32.1 Å². The van der Waals surface area contributed by atoms with Crippen molar-refractivity contribution in [1.82, 2.24) is 4.90 Å². The number of amides is 1. The van der Waals surface area contributed by atoms with Crippen LogP contribution in [0.25, 0.3) is 0 Å². The summed E-state index contributed by atoms with van der Waals surface area (Å²) in [5, 5.41) is 0. The third-order valence-electron chi connectivity index (χ3n) is 6.17. The van der Waals surface area contributed by atoms with Crippen molar-refractivity contribution in [2.24, 2.45) is 35.3 Å². The van der Waals surface area contributed by atoms with Crippen molar-refractivity contribution < 1.29 is 4.79 Å². The number of likely N-dealkylation sites (tertiary alicyclic amines) is 1. The zero-order chi connectivity index (χ0) is 12.3. The van der Waals surface area contributed by atoms with Gasteiger partial charge in [-0.05, 0) is 62.2 Å². The maximum absolute atomic E-state index is 12.4. The molecule has 100 valence electrons. The van der Waals surface area contributed by atoms with Crippen molar-refractivity contribution in [1.29, 1.82) is 0 Å². The summed E-state index contributed by atoms with van der Waals surface area (Å²) in [6, 6.07) is 0.585. The summed E-state index contributed by atoms with van der Waals surface area (Å²) in [7, 11) is 0. The minimum Gasteiger partial charge on any atom is -0.339 e. The molecule has 1 amide bonds. The van der Waals surface area contributed by atoms with Crippen molar-refractivity contribution >= 4 is 5.91 Å². The molecule has 1 saturated heterocycles. The lowest BCUT2D eigenvalue weighted by atomic mass is 9.54. The quantitative estimate of drug-likeness (QED) is 0.807. The lowest BCUT2D eigenvalue weighted by molar-refractivity contribution is -0.141. The molecule has 0 aromatic carbocycles. The Bertz CT molecular complexity index is 340. The van der Waals surface area contributed by atoms with E-state index in [1.54, 1.807) is 0 Å². The van der Waals surface area contributed by atoms with Gasteiger partial charge in [-0.1, -0.05) is 0 Å². The number of hydrogen-bond acceptors (Lipinski definition) is 2. The van der Waals surface area contributed by atoms with E-state index in [0.29, 0.717) is 18.5 Å². The third kappa shape index (κ3) is 1.49. The Kier molecular flexibility index (Phi) is 2.48. The highest BCUT2D eigenvalue weighted by molar-refractivity contribution is 5.81. The molecule has 0 aromatic rings. The van der Waals surface area contributed by atoms with Crippen LogP contribution < -0.4 is 5.73 Å². The van der Waals surface area contributed by atoms with Gasteiger partial charge in [-0.15, -0.1) is 0 Å². The van der Waals surface area contributed by atoms with Crippen LogP contribution in [0.15, 0.2) is 0 Å². The minimum absolute atomic E-state index is 0.127. The van der Waals surface area contributed by atoms with Gasteiger partial charge in [-0.2, -0.15) is 0 Å². The molecule has 0 radical (unpaired) electrons. The molecule has 1 heterocycles. The summed E-state index contributed by atoms with van der Waals surface area (Å²) in [6.45, 7) is 1.52. The second-order valence-corrected chi connectivity index (χ2v) is 7.17. The fourth-order valence-corrected chi connectivity index (χ4v) is 5.68. The smallest absolute Gasteiger partial charge is 0.227 e. The Balaban J connectivity index is 1.57. The first kappa shape index (κ1) is 11.3. The van der Waals surface area contributed by atoms with Gasteiger partial charge in [0.15, 0.2) is 0 Å². The average molecular weight is 248 g/mol. The second kappa shape index (κ2) is 3.96. The van der Waals surface area contributed by atoms with Crippen molar-refractivity contribution in [3.8, 4) is 0 Å². The first-order valence-corrected chi connectivity index (χ1v) is 7.76. The molecule has 18 heavy (non-hydrogen) atoms. The topological polar surface area (TPSA) is 46.3 Å². The second-order valence-electron chi connectivity index (χ2n) is 7.17. The van der Waals surface area contributed by atoms with Gasteiger partial charge in [0.05, 0.1) is 5.92 Å². The van der Waals surface area contributed by atoms with Crippen LogP contribution in [0.4, 0.5) is 0 Å². The molecule has 1 unspecified atom stereocenters. The molecule has 0 spiro atoms. The number of rotatable bonds is 2. The summed E-state index contributed by atoms with van der Waals surface area (Å²) < 4.78 is 0. The van der Waals surface area contributed by atoms with Gasteiger partial charge in [0.1, 0.15) is 0 Å². The average Bonchev–Trinajstić information content (AvgIpc) is 2.70. The zero-order valence-electron chi connectivity index (χ0n) is 11.1. The van der Waals surface area contributed by atoms with E-state index in [4.69, 9.17) is 5.73 Å². The van der Waals surface area contributed by atoms with Crippen LogP contribution in [-0.2, 0) is 4.79 Å². The van der Waals surface area contributed by atoms with Gasteiger partial charge in [-0.25, -0.2) is 0 Å². The van der Waals surface area contributed by atoms with Crippen molar-refractivity contribution in [2.45, 2.75) is 44.6 Å². The fraction of sp³-hybridized carbons (Fsp3) is 0.933. The van der Waals surface area contributed by atoms with Gasteiger partial charge >= 0.3 is 0 Å². The first-order valence-electron chi connectivity index (χ1n) is 7.76. The summed E-state index contributed by atoms with van der Waals surface area (Å²) >= 11 is 0. The molecule has 4 saturated carbocycles. The monoisotopic (exact) mass is 248 g/mol. The van der Waals surface area contributed by atoms with Gasteiger partial charge in [0, 0.05) is 19.1 Å². The predicted molar refractivity (Wildman–Crippen MR) is 69.7 cm³/mol. The van der Waals surface area contributed by atoms with Crippen LogP contribution in [0.1, 0.15) is 38.5 Å². The summed E-state index contributed by atoms with van der Waals surface area (Å²) in [5.74, 6) is 4.12. The lowest BCUT2D eigenvalue weighted by Gasteiger charge is -2.56. The van der Waals surface area contributed by atoms with Crippen LogP contribution in [-0.4, -0.2) is 29.9 Å². The Morgan fingerprint density at radius 2 is 1.67 bits per heavy atom. The molecule has 4 aliphatic carbocycles. The zero-order valence-corrected chi connectivity index (χ0v) is 11.1. The third-order valence-corrected chi connectivity index (χ3v) is 6.17. The van der Waals surface area contributed by atoms with E-state index in [-0.39, 0.29) is 5.92 Å². The van der Waals surface area contributed by atoms with E-state index >= 15 is 0 Å². The molecule has 3 heteroatoms. The SMILES string of the molecule is NCC1CCN(C2C3CC4CC(C3)CC2C4)C1=O. The molecule has 3 nitrogen and oxygen atoms in total. The first-order chi connectivity index (χ1) is 8.76. The molecular formula is C15H24N2O. The van der Waals surface area contributed by atoms with E-state index in [1.807, 2.05) is 0 Å². The van der Waals surface area contributed by atoms with Crippen molar-refractivity contribution in [3.63, 3.8) is 0 Å². The van der Waals surface area contributed by atoms with E-state index in [0.717, 1.165) is 36.6 Å². The summed E-state index contributed by atoms with van der Waals surface area (Å²) in [6.07, 6.45) is 8.07. The Labute approximate surface area is 109 Å². The molecule has 4 bridgehead atoms. The van der Waals surface area contributed by atoms with Gasteiger partial charge in [-0.3, -0.25) is 4.79 Å². The molecule has 5 fully saturated rings. The molecule has 0 aromatic heterocycles. The van der Waals surface area contributed by atoms with Crippen LogP contribution in [0.3, 0.4) is 0 Å². The lowest BCUT2D eigenvalue weighted by Crippen LogP contribution is -2.56. The highest BCUT2D eigenvalue weighted by Gasteiger charge is 2.52. The maximum Gasteiger partial charge on any atom is 0.227 e. The van der Waals surface area contributed by atoms with E-state index < -0.39 is 0 Å². The predicted octanol–water partition coefficient (Wildman–Crippen LogP) is 1.62. The number of carbonyl (C=O) groups excluding carboxylic acids is 1. The molecule has 5 rings (SSSR count). The maximum atomic E-state index is 12.4. The van der Waals surface area contributed by atoms with Crippen LogP contribution in [0, 0.1) is 29.6 Å².